The van der Waals surface area contributed by atoms with Crippen LogP contribution in [0, 0.1) is 4.77 Å². The van der Waals surface area contributed by atoms with Crippen molar-refractivity contribution in [3.63, 3.8) is 0 Å². The normalized spacial score (nSPS) is 10.3. The number of hydrogen-bond acceptors (Lipinski definition) is 5. The molecule has 1 aromatic carbocycles. The molecule has 1 heterocycles. The van der Waals surface area contributed by atoms with Crippen LogP contribution in [0.3, 0.4) is 0 Å². The highest BCUT2D eigenvalue weighted by Gasteiger charge is 2.14. The van der Waals surface area contributed by atoms with Crippen molar-refractivity contribution in [1.29, 1.82) is 0 Å². The first-order valence-electron chi connectivity index (χ1n) is 6.01. The molecule has 2 rings (SSSR count). The van der Waals surface area contributed by atoms with Gasteiger partial charge >= 0.3 is 0 Å². The molecule has 0 fully saturated rings. The predicted molar refractivity (Wildman–Crippen MR) is 82.3 cm³/mol. The summed E-state index contributed by atoms with van der Waals surface area (Å²) in [4.78, 5) is 0. The van der Waals surface area contributed by atoms with Gasteiger partial charge in [0.1, 0.15) is 6.33 Å². The average molecular weight is 359 g/mol. The van der Waals surface area contributed by atoms with E-state index in [2.05, 4.69) is 31.6 Å². The van der Waals surface area contributed by atoms with Crippen LogP contribution in [0.4, 0.5) is 0 Å². The highest BCUT2D eigenvalue weighted by molar-refractivity contribution is 9.10. The molecule has 20 heavy (non-hydrogen) atoms. The lowest BCUT2D eigenvalue weighted by Gasteiger charge is -2.16. The molecule has 0 aliphatic carbocycles. The Labute approximate surface area is 130 Å². The van der Waals surface area contributed by atoms with Crippen LogP contribution in [-0.2, 0) is 6.54 Å². The maximum Gasteiger partial charge on any atom is 0.214 e. The number of hydrogen-bond donors (Lipinski definition) is 2. The molecule has 0 unspecified atom stereocenters. The van der Waals surface area contributed by atoms with Gasteiger partial charge in [0.25, 0.3) is 0 Å². The van der Waals surface area contributed by atoms with Gasteiger partial charge in [-0.1, -0.05) is 15.9 Å². The Balaban J connectivity index is 2.29. The van der Waals surface area contributed by atoms with Crippen LogP contribution >= 0.6 is 28.1 Å². The van der Waals surface area contributed by atoms with Gasteiger partial charge in [-0.3, -0.25) is 5.10 Å². The van der Waals surface area contributed by atoms with Gasteiger partial charge in [-0.15, -0.1) is 0 Å². The van der Waals surface area contributed by atoms with Crippen molar-refractivity contribution >= 4 is 28.1 Å². The summed E-state index contributed by atoms with van der Waals surface area (Å²) in [7, 11) is 1.62. The zero-order chi connectivity index (χ0) is 14.5. The number of aromatic nitrogens is 3. The fourth-order valence-corrected chi connectivity index (χ4v) is 2.35. The highest BCUT2D eigenvalue weighted by atomic mass is 79.9. The lowest BCUT2D eigenvalue weighted by Crippen LogP contribution is -2.15. The fraction of sp³-hybridized carbons (Fsp3) is 0.333. The van der Waals surface area contributed by atoms with Gasteiger partial charge in [0, 0.05) is 10.0 Å². The summed E-state index contributed by atoms with van der Waals surface area (Å²) in [5.74, 6) is 1.41. The first-order valence-corrected chi connectivity index (χ1v) is 7.21. The molecule has 0 bridgehead atoms. The first-order chi connectivity index (χ1) is 9.67. The molecule has 6 nitrogen and oxygen atoms in total. The fourth-order valence-electron chi connectivity index (χ4n) is 1.74. The third kappa shape index (κ3) is 3.13. The van der Waals surface area contributed by atoms with Gasteiger partial charge in [0.15, 0.2) is 11.5 Å². The molecular weight excluding hydrogens is 344 g/mol. The summed E-state index contributed by atoms with van der Waals surface area (Å²) in [6.45, 7) is 3.01. The molecule has 0 radical (unpaired) electrons. The van der Waals surface area contributed by atoms with Crippen molar-refractivity contribution in [2.24, 2.45) is 0 Å². The molecular formula is C12H15BrN4O2S. The average Bonchev–Trinajstić information content (AvgIpc) is 2.84. The van der Waals surface area contributed by atoms with E-state index in [1.54, 1.807) is 18.1 Å². The Bertz CT molecular complexity index is 641. The molecule has 2 N–H and O–H groups in total. The van der Waals surface area contributed by atoms with Gasteiger partial charge < -0.3 is 14.9 Å². The van der Waals surface area contributed by atoms with E-state index in [0.717, 1.165) is 10.0 Å². The smallest absolute Gasteiger partial charge is 0.214 e. The zero-order valence-electron chi connectivity index (χ0n) is 11.1. The predicted octanol–water partition coefficient (Wildman–Crippen LogP) is 2.85. The third-order valence-corrected chi connectivity index (χ3v) is 3.69. The van der Waals surface area contributed by atoms with Crippen molar-refractivity contribution in [2.45, 2.75) is 13.5 Å². The van der Waals surface area contributed by atoms with Crippen molar-refractivity contribution in [2.75, 3.05) is 19.1 Å². The van der Waals surface area contributed by atoms with Crippen LogP contribution in [0.15, 0.2) is 22.9 Å². The van der Waals surface area contributed by atoms with Gasteiger partial charge in [-0.25, -0.2) is 4.68 Å². The summed E-state index contributed by atoms with van der Waals surface area (Å²) in [6.07, 6.45) is 1.58. The molecule has 0 saturated heterocycles. The van der Waals surface area contributed by atoms with Crippen LogP contribution in [-0.4, -0.2) is 28.6 Å². The number of nitrogens with zero attached hydrogens (tertiary/aromatic N) is 2. The standard InChI is InChI=1S/C12H15BrN4O2S/c1-3-19-11-8(9(13)4-5-10(11)18-2)6-15-17-7-14-16-12(17)20/h4-5,7,15H,3,6H2,1-2H3,(H,16,20). The van der Waals surface area contributed by atoms with Crippen LogP contribution in [0.2, 0.25) is 0 Å². The quantitative estimate of drug-likeness (QED) is 0.777. The summed E-state index contributed by atoms with van der Waals surface area (Å²) in [6, 6.07) is 3.79. The second-order valence-corrected chi connectivity index (χ2v) is 5.10. The van der Waals surface area contributed by atoms with Crippen LogP contribution < -0.4 is 14.9 Å². The Morgan fingerprint density at radius 1 is 1.50 bits per heavy atom. The molecule has 8 heteroatoms. The Hall–Kier alpha value is -1.54. The molecule has 0 aliphatic rings. The van der Waals surface area contributed by atoms with E-state index in [4.69, 9.17) is 21.7 Å². The van der Waals surface area contributed by atoms with Crippen molar-refractivity contribution in [3.8, 4) is 11.5 Å². The summed E-state index contributed by atoms with van der Waals surface area (Å²) >= 11 is 8.61. The maximum atomic E-state index is 5.69. The number of halogens is 1. The molecule has 0 spiro atoms. The largest absolute Gasteiger partial charge is 0.493 e. The Morgan fingerprint density at radius 3 is 2.90 bits per heavy atom. The second-order valence-electron chi connectivity index (χ2n) is 3.86. The Kier molecular flexibility index (Phi) is 5.02. The third-order valence-electron chi connectivity index (χ3n) is 2.65. The van der Waals surface area contributed by atoms with E-state index in [1.165, 1.54) is 0 Å². The van der Waals surface area contributed by atoms with Crippen molar-refractivity contribution < 1.29 is 9.47 Å². The van der Waals surface area contributed by atoms with Crippen molar-refractivity contribution in [3.05, 3.63) is 33.3 Å². The summed E-state index contributed by atoms with van der Waals surface area (Å²) in [5.41, 5.74) is 4.11. The van der Waals surface area contributed by atoms with Gasteiger partial charge in [0.2, 0.25) is 4.77 Å². The lowest BCUT2D eigenvalue weighted by molar-refractivity contribution is 0.307. The summed E-state index contributed by atoms with van der Waals surface area (Å²) < 4.78 is 14.1. The molecule has 0 amide bonds. The van der Waals surface area contributed by atoms with E-state index in [9.17, 15) is 0 Å². The van der Waals surface area contributed by atoms with E-state index in [0.29, 0.717) is 29.4 Å². The first kappa shape index (κ1) is 14.9. The highest BCUT2D eigenvalue weighted by Crippen LogP contribution is 2.36. The lowest BCUT2D eigenvalue weighted by atomic mass is 10.2. The SMILES string of the molecule is CCOc1c(OC)ccc(Br)c1CNn1cn[nH]c1=S. The van der Waals surface area contributed by atoms with E-state index < -0.39 is 0 Å². The number of aromatic amines is 1. The second kappa shape index (κ2) is 6.76. The summed E-state index contributed by atoms with van der Waals surface area (Å²) in [5, 5.41) is 6.53. The number of H-pyrrole nitrogens is 1. The molecule has 0 atom stereocenters. The number of benzene rings is 1. The zero-order valence-corrected chi connectivity index (χ0v) is 13.5. The number of nitrogens with one attached hydrogen (secondary N) is 2. The van der Waals surface area contributed by atoms with Gasteiger partial charge in [0.05, 0.1) is 20.3 Å². The van der Waals surface area contributed by atoms with Crippen LogP contribution in [0.25, 0.3) is 0 Å². The Morgan fingerprint density at radius 2 is 2.30 bits per heavy atom. The van der Waals surface area contributed by atoms with Crippen LogP contribution in [0.1, 0.15) is 12.5 Å². The monoisotopic (exact) mass is 358 g/mol. The number of ether oxygens (including phenoxy) is 2. The number of methoxy groups -OCH3 is 1. The minimum absolute atomic E-state index is 0.502. The molecule has 0 aliphatic heterocycles. The minimum atomic E-state index is 0.502. The van der Waals surface area contributed by atoms with E-state index in [1.807, 2.05) is 19.1 Å². The van der Waals surface area contributed by atoms with Gasteiger partial charge in [-0.2, -0.15) is 5.10 Å². The topological polar surface area (TPSA) is 64.1 Å². The molecule has 2 aromatic rings. The van der Waals surface area contributed by atoms with E-state index >= 15 is 0 Å². The molecule has 108 valence electrons. The number of rotatable bonds is 6. The molecule has 0 saturated carbocycles. The molecule has 1 aromatic heterocycles. The minimum Gasteiger partial charge on any atom is -0.493 e. The van der Waals surface area contributed by atoms with Crippen molar-refractivity contribution in [1.82, 2.24) is 14.9 Å². The van der Waals surface area contributed by atoms with E-state index in [-0.39, 0.29) is 0 Å². The van der Waals surface area contributed by atoms with Crippen LogP contribution in [0.5, 0.6) is 11.5 Å². The maximum absolute atomic E-state index is 5.69. The van der Waals surface area contributed by atoms with Gasteiger partial charge in [-0.05, 0) is 31.3 Å².